The number of amidine groups is 1. The van der Waals surface area contributed by atoms with Gasteiger partial charge in [-0.1, -0.05) is 11.4 Å². The van der Waals surface area contributed by atoms with Gasteiger partial charge in [-0.2, -0.15) is 5.26 Å². The van der Waals surface area contributed by atoms with E-state index < -0.39 is 5.54 Å². The van der Waals surface area contributed by atoms with Gasteiger partial charge in [0.15, 0.2) is 11.4 Å². The average molecular weight is 328 g/mol. The molecule has 3 aliphatic heterocycles. The van der Waals surface area contributed by atoms with Gasteiger partial charge in [0, 0.05) is 25.3 Å². The SMILES string of the molecule is CSP1(=S)N=C(N2CCOCC2)C(C#N)=C2CCCN21. The Kier molecular flexibility index (Phi) is 4.09. The number of morpholine rings is 1. The molecule has 0 spiro atoms. The van der Waals surface area contributed by atoms with Crippen LogP contribution in [-0.2, 0) is 16.5 Å². The lowest BCUT2D eigenvalue weighted by atomic mass is 10.1. The molecule has 0 bridgehead atoms. The maximum atomic E-state index is 9.58. The van der Waals surface area contributed by atoms with Crippen LogP contribution in [0.2, 0.25) is 0 Å². The van der Waals surface area contributed by atoms with E-state index in [-0.39, 0.29) is 0 Å². The molecule has 2 fully saturated rings. The third-order valence-electron chi connectivity index (χ3n) is 3.79. The van der Waals surface area contributed by atoms with Crippen molar-refractivity contribution in [3.63, 3.8) is 0 Å². The van der Waals surface area contributed by atoms with Crippen molar-refractivity contribution < 1.29 is 4.74 Å². The summed E-state index contributed by atoms with van der Waals surface area (Å²) in [7, 11) is 0. The van der Waals surface area contributed by atoms with Crippen LogP contribution in [0.15, 0.2) is 16.0 Å². The minimum absolute atomic E-state index is 0.693. The summed E-state index contributed by atoms with van der Waals surface area (Å²) in [5.74, 6) is 0.821. The van der Waals surface area contributed by atoms with E-state index in [1.165, 1.54) is 0 Å². The van der Waals surface area contributed by atoms with Gasteiger partial charge in [-0.25, -0.2) is 4.76 Å². The van der Waals surface area contributed by atoms with Crippen LogP contribution in [0.1, 0.15) is 12.8 Å². The smallest absolute Gasteiger partial charge is 0.199 e. The molecule has 3 heterocycles. The van der Waals surface area contributed by atoms with Gasteiger partial charge in [-0.3, -0.25) is 0 Å². The molecule has 0 aromatic rings. The second kappa shape index (κ2) is 5.69. The molecule has 3 aliphatic rings. The Labute approximate surface area is 128 Å². The number of allylic oxidation sites excluding steroid dienone is 1. The van der Waals surface area contributed by atoms with Gasteiger partial charge in [-0.05, 0) is 30.9 Å². The topological polar surface area (TPSA) is 51.9 Å². The molecule has 1 atom stereocenters. The predicted molar refractivity (Wildman–Crippen MR) is 86.2 cm³/mol. The third-order valence-corrected chi connectivity index (χ3v) is 10.2. The van der Waals surface area contributed by atoms with Gasteiger partial charge in [0.25, 0.3) is 0 Å². The summed E-state index contributed by atoms with van der Waals surface area (Å²) in [4.78, 5) is 2.17. The van der Waals surface area contributed by atoms with Crippen LogP contribution in [0, 0.1) is 11.3 Å². The van der Waals surface area contributed by atoms with Crippen LogP contribution < -0.4 is 0 Å². The van der Waals surface area contributed by atoms with Crippen molar-refractivity contribution in [2.24, 2.45) is 4.76 Å². The van der Waals surface area contributed by atoms with Gasteiger partial charge in [-0.15, -0.1) is 0 Å². The van der Waals surface area contributed by atoms with Crippen molar-refractivity contribution in [1.82, 2.24) is 9.57 Å². The quantitative estimate of drug-likeness (QED) is 0.688. The highest BCUT2D eigenvalue weighted by Gasteiger charge is 2.39. The van der Waals surface area contributed by atoms with E-state index in [9.17, 15) is 5.26 Å². The number of nitrogens with zero attached hydrogens (tertiary/aromatic N) is 4. The highest BCUT2D eigenvalue weighted by molar-refractivity contribution is 8.69. The number of fused-ring (bicyclic) bond motifs is 1. The van der Waals surface area contributed by atoms with Gasteiger partial charge >= 0.3 is 0 Å². The molecule has 5 nitrogen and oxygen atoms in total. The normalized spacial score (nSPS) is 30.1. The molecule has 3 rings (SSSR count). The average Bonchev–Trinajstić information content (AvgIpc) is 2.98. The number of ether oxygens (including phenoxy) is 1. The Morgan fingerprint density at radius 3 is 2.80 bits per heavy atom. The zero-order chi connectivity index (χ0) is 14.2. The van der Waals surface area contributed by atoms with Crippen molar-refractivity contribution in [2.75, 3.05) is 39.1 Å². The predicted octanol–water partition coefficient (Wildman–Crippen LogP) is 2.19. The molecule has 0 aliphatic carbocycles. The molecule has 0 N–H and O–H groups in total. The Balaban J connectivity index is 2.05. The summed E-state index contributed by atoms with van der Waals surface area (Å²) in [6.07, 6.45) is 4.06. The highest BCUT2D eigenvalue weighted by atomic mass is 32.9. The van der Waals surface area contributed by atoms with E-state index in [1.54, 1.807) is 11.4 Å². The van der Waals surface area contributed by atoms with E-state index >= 15 is 0 Å². The largest absolute Gasteiger partial charge is 0.378 e. The first kappa shape index (κ1) is 14.4. The zero-order valence-corrected chi connectivity index (χ0v) is 13.9. The number of hydrogen-bond donors (Lipinski definition) is 0. The Morgan fingerprint density at radius 1 is 1.40 bits per heavy atom. The molecular formula is C12H17N4OPS2. The molecule has 0 aromatic heterocycles. The van der Waals surface area contributed by atoms with Gasteiger partial charge in [0.05, 0.1) is 13.2 Å². The van der Waals surface area contributed by atoms with Crippen LogP contribution in [-0.4, -0.2) is 54.5 Å². The molecular weight excluding hydrogens is 311 g/mol. The summed E-state index contributed by atoms with van der Waals surface area (Å²) in [6, 6.07) is 2.37. The van der Waals surface area contributed by atoms with Crippen LogP contribution in [0.5, 0.6) is 0 Å². The lowest BCUT2D eigenvalue weighted by Gasteiger charge is -2.38. The van der Waals surface area contributed by atoms with Crippen molar-refractivity contribution in [3.05, 3.63) is 11.3 Å². The standard InChI is InChI=1S/C12H17N4OPS2/c1-20-18(19)14-12(15-5-7-17-8-6-15)10(9-13)11-3-2-4-16(11)18/h2-8H2,1H3. The van der Waals surface area contributed by atoms with E-state index in [2.05, 4.69) is 15.6 Å². The Morgan fingerprint density at radius 2 is 2.15 bits per heavy atom. The molecule has 108 valence electrons. The fourth-order valence-electron chi connectivity index (χ4n) is 2.80. The summed E-state index contributed by atoms with van der Waals surface area (Å²) >= 11 is 7.52. The molecule has 0 saturated carbocycles. The first-order chi connectivity index (χ1) is 9.69. The van der Waals surface area contributed by atoms with E-state index in [0.29, 0.717) is 13.2 Å². The zero-order valence-electron chi connectivity index (χ0n) is 11.4. The summed E-state index contributed by atoms with van der Waals surface area (Å²) in [5, 5.41) is 9.58. The fraction of sp³-hybridized carbons (Fsp3) is 0.667. The minimum atomic E-state index is -1.99. The maximum absolute atomic E-state index is 9.58. The molecule has 0 amide bonds. The first-order valence-corrected chi connectivity index (χ1v) is 11.2. The van der Waals surface area contributed by atoms with Crippen LogP contribution in [0.25, 0.3) is 0 Å². The maximum Gasteiger partial charge on any atom is 0.199 e. The van der Waals surface area contributed by atoms with E-state index in [4.69, 9.17) is 21.3 Å². The van der Waals surface area contributed by atoms with Crippen LogP contribution >= 0.6 is 16.9 Å². The lowest BCUT2D eigenvalue weighted by molar-refractivity contribution is 0.0683. The highest BCUT2D eigenvalue weighted by Crippen LogP contribution is 2.67. The molecule has 2 saturated heterocycles. The van der Waals surface area contributed by atoms with Crippen molar-refractivity contribution >= 4 is 34.6 Å². The Hall–Kier alpha value is -0.540. The van der Waals surface area contributed by atoms with Gasteiger partial charge < -0.3 is 14.3 Å². The first-order valence-electron chi connectivity index (χ1n) is 6.70. The molecule has 0 radical (unpaired) electrons. The summed E-state index contributed by atoms with van der Waals surface area (Å²) < 4.78 is 12.5. The van der Waals surface area contributed by atoms with E-state index in [1.807, 2.05) is 6.26 Å². The minimum Gasteiger partial charge on any atom is -0.378 e. The van der Waals surface area contributed by atoms with E-state index in [0.717, 1.165) is 49.6 Å². The van der Waals surface area contributed by atoms with Crippen molar-refractivity contribution in [1.29, 1.82) is 5.26 Å². The summed E-state index contributed by atoms with van der Waals surface area (Å²) in [6.45, 7) is 3.92. The van der Waals surface area contributed by atoms with Crippen molar-refractivity contribution in [2.45, 2.75) is 12.8 Å². The number of rotatable bonds is 1. The molecule has 20 heavy (non-hydrogen) atoms. The second-order valence-corrected chi connectivity index (χ2v) is 11.7. The second-order valence-electron chi connectivity index (χ2n) is 4.86. The number of hydrogen-bond acceptors (Lipinski definition) is 5. The van der Waals surface area contributed by atoms with Crippen LogP contribution in [0.3, 0.4) is 0 Å². The molecule has 1 unspecified atom stereocenters. The third kappa shape index (κ3) is 2.29. The lowest BCUT2D eigenvalue weighted by Crippen LogP contribution is -2.43. The van der Waals surface area contributed by atoms with Crippen LogP contribution in [0.4, 0.5) is 0 Å². The molecule has 8 heteroatoms. The van der Waals surface area contributed by atoms with Crippen molar-refractivity contribution in [3.8, 4) is 6.07 Å². The Bertz CT molecular complexity index is 562. The van der Waals surface area contributed by atoms with Gasteiger partial charge in [0.1, 0.15) is 11.6 Å². The summed E-state index contributed by atoms with van der Waals surface area (Å²) in [5.41, 5.74) is -0.130. The molecule has 0 aromatic carbocycles. The number of nitriles is 1. The monoisotopic (exact) mass is 328 g/mol. The van der Waals surface area contributed by atoms with Gasteiger partial charge in [0.2, 0.25) is 0 Å². The fourth-order valence-corrected chi connectivity index (χ4v) is 6.93.